The number of aromatic nitrogens is 2. The summed E-state index contributed by atoms with van der Waals surface area (Å²) < 4.78 is 15.9. The maximum Gasteiger partial charge on any atom is 0.262 e. The van der Waals surface area contributed by atoms with E-state index in [0.29, 0.717) is 34.1 Å². The summed E-state index contributed by atoms with van der Waals surface area (Å²) in [6.07, 6.45) is 1.39. The second-order valence-electron chi connectivity index (χ2n) is 6.19. The van der Waals surface area contributed by atoms with E-state index in [1.807, 2.05) is 0 Å². The average Bonchev–Trinajstić information content (AvgIpc) is 3.33. The fourth-order valence-corrected chi connectivity index (χ4v) is 3.36. The molecule has 1 atom stereocenters. The average molecular weight is 379 g/mol. The molecule has 0 bridgehead atoms. The first kappa shape index (κ1) is 17.7. The van der Waals surface area contributed by atoms with E-state index in [1.54, 1.807) is 42.5 Å². The van der Waals surface area contributed by atoms with Gasteiger partial charge in [-0.1, -0.05) is 18.2 Å². The number of ether oxygens (including phenoxy) is 2. The van der Waals surface area contributed by atoms with E-state index in [4.69, 9.17) is 13.9 Å². The molecule has 1 aliphatic rings. The van der Waals surface area contributed by atoms with Crippen LogP contribution >= 0.6 is 0 Å². The molecule has 0 saturated heterocycles. The zero-order chi connectivity index (χ0) is 19.7. The van der Waals surface area contributed by atoms with Crippen molar-refractivity contribution in [1.29, 1.82) is 0 Å². The zero-order valence-corrected chi connectivity index (χ0v) is 15.3. The SMILES string of the molecule is COc1ccc(C(Cc2nnco2)N2C(=O)c3ccccc3C2=O)cc1OC. The Morgan fingerprint density at radius 2 is 1.68 bits per heavy atom. The van der Waals surface area contributed by atoms with Gasteiger partial charge in [-0.3, -0.25) is 14.5 Å². The lowest BCUT2D eigenvalue weighted by atomic mass is 10.0. The van der Waals surface area contributed by atoms with Crippen molar-refractivity contribution in [2.75, 3.05) is 14.2 Å². The second-order valence-corrected chi connectivity index (χ2v) is 6.19. The minimum Gasteiger partial charge on any atom is -0.493 e. The highest BCUT2D eigenvalue weighted by Gasteiger charge is 2.41. The molecule has 0 aliphatic carbocycles. The summed E-state index contributed by atoms with van der Waals surface area (Å²) in [6, 6.07) is 11.4. The van der Waals surface area contributed by atoms with Crippen LogP contribution in [-0.4, -0.2) is 41.1 Å². The smallest absolute Gasteiger partial charge is 0.262 e. The van der Waals surface area contributed by atoms with Crippen LogP contribution in [0.25, 0.3) is 0 Å². The number of carbonyl (C=O) groups is 2. The summed E-state index contributed by atoms with van der Waals surface area (Å²) in [7, 11) is 3.06. The number of nitrogens with zero attached hydrogens (tertiary/aromatic N) is 3. The van der Waals surface area contributed by atoms with Gasteiger partial charge >= 0.3 is 0 Å². The van der Waals surface area contributed by atoms with Gasteiger partial charge < -0.3 is 13.9 Å². The van der Waals surface area contributed by atoms with E-state index in [-0.39, 0.29) is 18.2 Å². The van der Waals surface area contributed by atoms with Crippen LogP contribution in [-0.2, 0) is 6.42 Å². The molecule has 3 aromatic rings. The van der Waals surface area contributed by atoms with Crippen LogP contribution in [0.2, 0.25) is 0 Å². The topological polar surface area (TPSA) is 94.8 Å². The van der Waals surface area contributed by atoms with Gasteiger partial charge in [0.2, 0.25) is 12.3 Å². The summed E-state index contributed by atoms with van der Waals surface area (Å²) in [4.78, 5) is 27.3. The second kappa shape index (κ2) is 7.15. The van der Waals surface area contributed by atoms with Gasteiger partial charge in [0.15, 0.2) is 11.5 Å². The van der Waals surface area contributed by atoms with Crippen molar-refractivity contribution in [3.63, 3.8) is 0 Å². The fraction of sp³-hybridized carbons (Fsp3) is 0.200. The van der Waals surface area contributed by atoms with Crippen molar-refractivity contribution in [2.45, 2.75) is 12.5 Å². The van der Waals surface area contributed by atoms with Gasteiger partial charge in [0.05, 0.1) is 37.8 Å². The van der Waals surface area contributed by atoms with Crippen molar-refractivity contribution in [3.05, 3.63) is 71.4 Å². The van der Waals surface area contributed by atoms with Crippen molar-refractivity contribution in [3.8, 4) is 11.5 Å². The number of carbonyl (C=O) groups excluding carboxylic acids is 2. The molecule has 2 heterocycles. The Hall–Kier alpha value is -3.68. The molecule has 0 spiro atoms. The maximum atomic E-state index is 13.0. The largest absolute Gasteiger partial charge is 0.493 e. The van der Waals surface area contributed by atoms with Gasteiger partial charge in [-0.05, 0) is 29.8 Å². The molecule has 2 aromatic carbocycles. The Balaban J connectivity index is 1.79. The molecule has 0 saturated carbocycles. The van der Waals surface area contributed by atoms with Crippen molar-refractivity contribution in [1.82, 2.24) is 15.1 Å². The van der Waals surface area contributed by atoms with E-state index in [0.717, 1.165) is 0 Å². The Morgan fingerprint density at radius 1 is 1.00 bits per heavy atom. The molecule has 1 aromatic heterocycles. The maximum absolute atomic E-state index is 13.0. The van der Waals surface area contributed by atoms with Gasteiger partial charge in [0.25, 0.3) is 11.8 Å². The lowest BCUT2D eigenvalue weighted by molar-refractivity contribution is 0.0576. The molecule has 28 heavy (non-hydrogen) atoms. The highest BCUT2D eigenvalue weighted by Crippen LogP contribution is 2.37. The van der Waals surface area contributed by atoms with Crippen LogP contribution in [0, 0.1) is 0 Å². The van der Waals surface area contributed by atoms with Crippen LogP contribution in [0.15, 0.2) is 53.3 Å². The molecule has 8 nitrogen and oxygen atoms in total. The quantitative estimate of drug-likeness (QED) is 0.608. The Labute approximate surface area is 160 Å². The summed E-state index contributed by atoms with van der Waals surface area (Å²) in [6.45, 7) is 0. The first-order valence-electron chi connectivity index (χ1n) is 8.58. The summed E-state index contributed by atoms with van der Waals surface area (Å²) in [5, 5.41) is 7.59. The van der Waals surface area contributed by atoms with Gasteiger partial charge in [-0.25, -0.2) is 0 Å². The number of rotatable bonds is 6. The lowest BCUT2D eigenvalue weighted by Crippen LogP contribution is -2.35. The van der Waals surface area contributed by atoms with E-state index in [2.05, 4.69) is 10.2 Å². The van der Waals surface area contributed by atoms with E-state index >= 15 is 0 Å². The first-order chi connectivity index (χ1) is 13.6. The normalized spacial score (nSPS) is 14.1. The third-order valence-corrected chi connectivity index (χ3v) is 4.70. The molecular formula is C20H17N3O5. The minimum atomic E-state index is -0.646. The Morgan fingerprint density at radius 3 is 2.25 bits per heavy atom. The number of hydrogen-bond acceptors (Lipinski definition) is 7. The van der Waals surface area contributed by atoms with Gasteiger partial charge in [-0.15, -0.1) is 10.2 Å². The molecule has 1 unspecified atom stereocenters. The number of fused-ring (bicyclic) bond motifs is 1. The lowest BCUT2D eigenvalue weighted by Gasteiger charge is -2.26. The van der Waals surface area contributed by atoms with Crippen LogP contribution < -0.4 is 9.47 Å². The predicted molar refractivity (Wildman–Crippen MR) is 97.2 cm³/mol. The van der Waals surface area contributed by atoms with Crippen LogP contribution in [0.3, 0.4) is 0 Å². The molecule has 1 aliphatic heterocycles. The molecule has 142 valence electrons. The van der Waals surface area contributed by atoms with Crippen molar-refractivity contribution in [2.24, 2.45) is 0 Å². The van der Waals surface area contributed by atoms with Gasteiger partial charge in [0, 0.05) is 0 Å². The van der Waals surface area contributed by atoms with Crippen LogP contribution in [0.5, 0.6) is 11.5 Å². The molecule has 8 heteroatoms. The standard InChI is InChI=1S/C20H17N3O5/c1-26-16-8-7-12(9-17(16)27-2)15(10-18-22-21-11-28-18)23-19(24)13-5-3-4-6-14(13)20(23)25/h3-9,11,15H,10H2,1-2H3. The fourth-order valence-electron chi connectivity index (χ4n) is 3.36. The van der Waals surface area contributed by atoms with Crippen molar-refractivity contribution < 1.29 is 23.5 Å². The zero-order valence-electron chi connectivity index (χ0n) is 15.3. The highest BCUT2D eigenvalue weighted by atomic mass is 16.5. The van der Waals surface area contributed by atoms with E-state index in [1.165, 1.54) is 25.5 Å². The summed E-state index contributed by atoms with van der Waals surface area (Å²) >= 11 is 0. The summed E-state index contributed by atoms with van der Waals surface area (Å²) in [5.41, 5.74) is 1.44. The van der Waals surface area contributed by atoms with Crippen LogP contribution in [0.1, 0.15) is 38.2 Å². The van der Waals surface area contributed by atoms with Crippen molar-refractivity contribution >= 4 is 11.8 Å². The molecule has 0 radical (unpaired) electrons. The van der Waals surface area contributed by atoms with Gasteiger partial charge in [0.1, 0.15) is 0 Å². The molecule has 2 amide bonds. The number of methoxy groups -OCH3 is 2. The minimum absolute atomic E-state index is 0.181. The number of benzene rings is 2. The van der Waals surface area contributed by atoms with Crippen LogP contribution in [0.4, 0.5) is 0 Å². The number of hydrogen-bond donors (Lipinski definition) is 0. The first-order valence-corrected chi connectivity index (χ1v) is 8.58. The van der Waals surface area contributed by atoms with E-state index < -0.39 is 6.04 Å². The Bertz CT molecular complexity index is 997. The number of amides is 2. The van der Waals surface area contributed by atoms with Gasteiger partial charge in [-0.2, -0.15) is 0 Å². The monoisotopic (exact) mass is 379 g/mol. The molecule has 0 N–H and O–H groups in total. The molecular weight excluding hydrogens is 362 g/mol. The highest BCUT2D eigenvalue weighted by molar-refractivity contribution is 6.21. The number of imide groups is 1. The Kier molecular flexibility index (Phi) is 4.52. The molecule has 4 rings (SSSR count). The third kappa shape index (κ3) is 2.88. The summed E-state index contributed by atoms with van der Waals surface area (Å²) in [5.74, 6) is 0.633. The molecule has 0 fully saturated rings. The third-order valence-electron chi connectivity index (χ3n) is 4.70. The van der Waals surface area contributed by atoms with E-state index in [9.17, 15) is 9.59 Å². The predicted octanol–water partition coefficient (Wildman–Crippen LogP) is 2.67.